The molecule has 0 spiro atoms. The summed E-state index contributed by atoms with van der Waals surface area (Å²) in [6, 6.07) is 0.416. The van der Waals surface area contributed by atoms with Gasteiger partial charge in [-0.25, -0.2) is 0 Å². The molecule has 1 fully saturated rings. The van der Waals surface area contributed by atoms with Gasteiger partial charge in [0.2, 0.25) is 5.91 Å². The van der Waals surface area contributed by atoms with Gasteiger partial charge in [0.05, 0.1) is 0 Å². The predicted octanol–water partition coefficient (Wildman–Crippen LogP) is 1.88. The van der Waals surface area contributed by atoms with Crippen molar-refractivity contribution >= 4 is 5.91 Å². The van der Waals surface area contributed by atoms with Gasteiger partial charge in [0.15, 0.2) is 0 Å². The average molecular weight is 226 g/mol. The third-order valence-corrected chi connectivity index (χ3v) is 3.37. The Hall–Kier alpha value is -0.570. The molecule has 1 aliphatic rings. The van der Waals surface area contributed by atoms with E-state index < -0.39 is 0 Å². The van der Waals surface area contributed by atoms with E-state index in [2.05, 4.69) is 26.1 Å². The Kier molecular flexibility index (Phi) is 5.26. The summed E-state index contributed by atoms with van der Waals surface area (Å²) in [6.07, 6.45) is 2.94. The number of amides is 1. The molecule has 16 heavy (non-hydrogen) atoms. The third kappa shape index (κ3) is 4.12. The van der Waals surface area contributed by atoms with Crippen LogP contribution in [0, 0.1) is 11.8 Å². The molecule has 0 saturated carbocycles. The maximum absolute atomic E-state index is 12.0. The molecule has 1 rings (SSSR count). The second-order valence-corrected chi connectivity index (χ2v) is 5.59. The topological polar surface area (TPSA) is 32.3 Å². The van der Waals surface area contributed by atoms with Crippen LogP contribution in [0.15, 0.2) is 0 Å². The molecule has 1 aliphatic heterocycles. The van der Waals surface area contributed by atoms with Gasteiger partial charge in [-0.2, -0.15) is 0 Å². The SMILES string of the molecule is CC(C)CC(C)CC(=O)N(C)C1CCNC1. The first-order chi connectivity index (χ1) is 7.50. The number of hydrogen-bond acceptors (Lipinski definition) is 2. The Morgan fingerprint density at radius 2 is 2.12 bits per heavy atom. The summed E-state index contributed by atoms with van der Waals surface area (Å²) in [5.41, 5.74) is 0. The van der Waals surface area contributed by atoms with Gasteiger partial charge in [-0.15, -0.1) is 0 Å². The number of carbonyl (C=O) groups excluding carboxylic acids is 1. The summed E-state index contributed by atoms with van der Waals surface area (Å²) in [6.45, 7) is 8.61. The van der Waals surface area contributed by atoms with E-state index in [9.17, 15) is 4.79 Å². The Morgan fingerprint density at radius 3 is 2.62 bits per heavy atom. The minimum atomic E-state index is 0.307. The molecule has 0 aromatic carbocycles. The van der Waals surface area contributed by atoms with Crippen molar-refractivity contribution in [1.29, 1.82) is 0 Å². The van der Waals surface area contributed by atoms with E-state index >= 15 is 0 Å². The monoisotopic (exact) mass is 226 g/mol. The molecule has 0 radical (unpaired) electrons. The zero-order chi connectivity index (χ0) is 12.1. The molecule has 0 aliphatic carbocycles. The number of rotatable bonds is 5. The van der Waals surface area contributed by atoms with Crippen LogP contribution in [0.3, 0.4) is 0 Å². The van der Waals surface area contributed by atoms with Gasteiger partial charge in [0, 0.05) is 26.1 Å². The van der Waals surface area contributed by atoms with Crippen LogP contribution in [0.4, 0.5) is 0 Å². The molecular weight excluding hydrogens is 200 g/mol. The molecule has 0 bridgehead atoms. The van der Waals surface area contributed by atoms with Crippen molar-refractivity contribution in [1.82, 2.24) is 10.2 Å². The normalized spacial score (nSPS) is 22.4. The fourth-order valence-corrected chi connectivity index (χ4v) is 2.50. The standard InChI is InChI=1S/C13H26N2O/c1-10(2)7-11(3)8-13(16)15(4)12-5-6-14-9-12/h10-12,14H,5-9H2,1-4H3. The lowest BCUT2D eigenvalue weighted by atomic mass is 9.95. The Balaban J connectivity index is 2.32. The van der Waals surface area contributed by atoms with E-state index in [1.54, 1.807) is 0 Å². The molecule has 2 unspecified atom stereocenters. The number of likely N-dealkylation sites (N-methyl/N-ethyl adjacent to an activating group) is 1. The highest BCUT2D eigenvalue weighted by atomic mass is 16.2. The number of nitrogens with one attached hydrogen (secondary N) is 1. The van der Waals surface area contributed by atoms with Crippen LogP contribution in [0.1, 0.15) is 40.0 Å². The molecule has 1 heterocycles. The lowest BCUT2D eigenvalue weighted by Crippen LogP contribution is -2.39. The van der Waals surface area contributed by atoms with Gasteiger partial charge in [0.1, 0.15) is 0 Å². The van der Waals surface area contributed by atoms with Gasteiger partial charge in [-0.1, -0.05) is 20.8 Å². The molecule has 1 amide bonds. The van der Waals surface area contributed by atoms with E-state index in [1.807, 2.05) is 11.9 Å². The lowest BCUT2D eigenvalue weighted by molar-refractivity contribution is -0.132. The Bertz CT molecular complexity index is 222. The van der Waals surface area contributed by atoms with Crippen LogP contribution >= 0.6 is 0 Å². The second-order valence-electron chi connectivity index (χ2n) is 5.59. The molecule has 1 saturated heterocycles. The quantitative estimate of drug-likeness (QED) is 0.776. The zero-order valence-electron chi connectivity index (χ0n) is 11.1. The number of hydrogen-bond donors (Lipinski definition) is 1. The summed E-state index contributed by atoms with van der Waals surface area (Å²) in [7, 11) is 1.95. The van der Waals surface area contributed by atoms with Gasteiger partial charge < -0.3 is 10.2 Å². The molecule has 3 heteroatoms. The molecule has 94 valence electrons. The van der Waals surface area contributed by atoms with Gasteiger partial charge in [-0.3, -0.25) is 4.79 Å². The summed E-state index contributed by atoms with van der Waals surface area (Å²) in [5.74, 6) is 1.49. The smallest absolute Gasteiger partial charge is 0.222 e. The summed E-state index contributed by atoms with van der Waals surface area (Å²) < 4.78 is 0. The van der Waals surface area contributed by atoms with Crippen LogP contribution < -0.4 is 5.32 Å². The molecule has 3 nitrogen and oxygen atoms in total. The summed E-state index contributed by atoms with van der Waals surface area (Å²) in [4.78, 5) is 14.0. The van der Waals surface area contributed by atoms with Gasteiger partial charge >= 0.3 is 0 Å². The van der Waals surface area contributed by atoms with E-state index in [1.165, 1.54) is 0 Å². The first-order valence-corrected chi connectivity index (χ1v) is 6.47. The van der Waals surface area contributed by atoms with Gasteiger partial charge in [0.25, 0.3) is 0 Å². The number of nitrogens with zero attached hydrogens (tertiary/aromatic N) is 1. The molecule has 1 N–H and O–H groups in total. The first-order valence-electron chi connectivity index (χ1n) is 6.47. The average Bonchev–Trinajstić information content (AvgIpc) is 2.67. The van der Waals surface area contributed by atoms with Crippen molar-refractivity contribution in [2.45, 2.75) is 46.1 Å². The highest BCUT2D eigenvalue weighted by Gasteiger charge is 2.24. The lowest BCUT2D eigenvalue weighted by Gasteiger charge is -2.25. The van der Waals surface area contributed by atoms with E-state index in [4.69, 9.17) is 0 Å². The van der Waals surface area contributed by atoms with Crippen LogP contribution in [0.25, 0.3) is 0 Å². The van der Waals surface area contributed by atoms with Crippen LogP contribution in [0.5, 0.6) is 0 Å². The van der Waals surface area contributed by atoms with Crippen molar-refractivity contribution in [3.05, 3.63) is 0 Å². The Morgan fingerprint density at radius 1 is 1.44 bits per heavy atom. The van der Waals surface area contributed by atoms with E-state index in [0.717, 1.165) is 25.9 Å². The maximum atomic E-state index is 12.0. The van der Waals surface area contributed by atoms with Gasteiger partial charge in [-0.05, 0) is 31.2 Å². The maximum Gasteiger partial charge on any atom is 0.222 e. The molecule has 0 aromatic heterocycles. The van der Waals surface area contributed by atoms with Crippen LogP contribution in [-0.2, 0) is 4.79 Å². The minimum Gasteiger partial charge on any atom is -0.341 e. The highest BCUT2D eigenvalue weighted by molar-refractivity contribution is 5.76. The molecule has 2 atom stereocenters. The van der Waals surface area contributed by atoms with E-state index in [0.29, 0.717) is 30.2 Å². The summed E-state index contributed by atoms with van der Waals surface area (Å²) >= 11 is 0. The van der Waals surface area contributed by atoms with Crippen molar-refractivity contribution in [3.63, 3.8) is 0 Å². The van der Waals surface area contributed by atoms with Crippen LogP contribution in [0.2, 0.25) is 0 Å². The minimum absolute atomic E-state index is 0.307. The zero-order valence-corrected chi connectivity index (χ0v) is 11.1. The van der Waals surface area contributed by atoms with Crippen LogP contribution in [-0.4, -0.2) is 37.0 Å². The first kappa shape index (κ1) is 13.5. The van der Waals surface area contributed by atoms with Crippen molar-refractivity contribution in [2.75, 3.05) is 20.1 Å². The van der Waals surface area contributed by atoms with E-state index in [-0.39, 0.29) is 0 Å². The fraction of sp³-hybridized carbons (Fsp3) is 0.923. The van der Waals surface area contributed by atoms with Crippen molar-refractivity contribution in [3.8, 4) is 0 Å². The molecular formula is C13H26N2O. The highest BCUT2D eigenvalue weighted by Crippen LogP contribution is 2.17. The summed E-state index contributed by atoms with van der Waals surface area (Å²) in [5, 5.41) is 3.30. The van der Waals surface area contributed by atoms with Crippen molar-refractivity contribution in [2.24, 2.45) is 11.8 Å². The molecule has 0 aromatic rings. The largest absolute Gasteiger partial charge is 0.341 e. The van der Waals surface area contributed by atoms with Crippen molar-refractivity contribution < 1.29 is 4.79 Å². The predicted molar refractivity (Wildman–Crippen MR) is 67.3 cm³/mol. The fourth-order valence-electron chi connectivity index (χ4n) is 2.50. The third-order valence-electron chi connectivity index (χ3n) is 3.37. The Labute approximate surface area is 99.6 Å². The number of carbonyl (C=O) groups is 1. The second kappa shape index (κ2) is 6.24.